The fourth-order valence-corrected chi connectivity index (χ4v) is 2.13. The molecule has 0 aliphatic heterocycles. The Morgan fingerprint density at radius 3 is 2.68 bits per heavy atom. The van der Waals surface area contributed by atoms with Crippen LogP contribution in [0.15, 0.2) is 33.9 Å². The van der Waals surface area contributed by atoms with Crippen molar-refractivity contribution < 1.29 is 36.9 Å². The number of carbonyl (C=O) groups excluding carboxylic acids is 2. The van der Waals surface area contributed by atoms with Crippen molar-refractivity contribution in [2.75, 3.05) is 11.9 Å². The summed E-state index contributed by atoms with van der Waals surface area (Å²) in [6, 6.07) is 4.00. The average molecular weight is 399 g/mol. The molecule has 0 saturated carbocycles. The van der Waals surface area contributed by atoms with Gasteiger partial charge in [-0.1, -0.05) is 16.4 Å². The van der Waals surface area contributed by atoms with Gasteiger partial charge < -0.3 is 9.26 Å². The molecule has 1 aromatic carbocycles. The van der Waals surface area contributed by atoms with Gasteiger partial charge in [0.25, 0.3) is 0 Å². The quantitative estimate of drug-likeness (QED) is 0.351. The molecule has 0 aliphatic carbocycles. The van der Waals surface area contributed by atoms with Gasteiger partial charge in [-0.3, -0.25) is 10.2 Å². The highest BCUT2D eigenvalue weighted by atomic mass is 19.4. The summed E-state index contributed by atoms with van der Waals surface area (Å²) in [6.07, 6.45) is -5.68. The molecule has 0 aliphatic rings. The number of aryl methyl sites for hydroxylation is 1. The lowest BCUT2D eigenvalue weighted by molar-refractivity contribution is -0.137. The molecule has 0 saturated heterocycles. The van der Waals surface area contributed by atoms with Gasteiger partial charge in [0, 0.05) is 5.69 Å². The van der Waals surface area contributed by atoms with Gasteiger partial charge in [0.2, 0.25) is 0 Å². The van der Waals surface area contributed by atoms with E-state index in [2.05, 4.69) is 20.5 Å². The third-order valence-electron chi connectivity index (χ3n) is 3.37. The van der Waals surface area contributed by atoms with E-state index in [1.807, 2.05) is 0 Å². The van der Waals surface area contributed by atoms with Crippen molar-refractivity contribution in [3.63, 3.8) is 0 Å². The second-order valence-electron chi connectivity index (χ2n) is 5.45. The Bertz CT molecular complexity index is 906. The van der Waals surface area contributed by atoms with Crippen molar-refractivity contribution >= 4 is 23.5 Å². The van der Waals surface area contributed by atoms with E-state index in [1.54, 1.807) is 6.92 Å². The standard InChI is InChI=1S/C17H16F3N3O5/c1-4-26-15(24)13-9(2)22-27-14(13)10(3)23-28-16(25)21-12-7-5-6-11(8-12)17(18,19)20/h5-8H,4H2,1-3H3,(H,21,25)/b23-10+. The van der Waals surface area contributed by atoms with E-state index in [1.165, 1.54) is 19.9 Å². The topological polar surface area (TPSA) is 103 Å². The lowest BCUT2D eigenvalue weighted by Gasteiger charge is -2.09. The number of oxime groups is 1. The Morgan fingerprint density at radius 2 is 2.04 bits per heavy atom. The summed E-state index contributed by atoms with van der Waals surface area (Å²) in [7, 11) is 0. The van der Waals surface area contributed by atoms with E-state index in [-0.39, 0.29) is 35.0 Å². The monoisotopic (exact) mass is 399 g/mol. The number of amides is 1. The minimum absolute atomic E-state index is 0.00263. The minimum Gasteiger partial charge on any atom is -0.462 e. The molecule has 28 heavy (non-hydrogen) atoms. The normalized spacial score (nSPS) is 11.9. The summed E-state index contributed by atoms with van der Waals surface area (Å²) in [5, 5.41) is 9.29. The second kappa shape index (κ2) is 8.55. The average Bonchev–Trinajstić information content (AvgIpc) is 3.01. The van der Waals surface area contributed by atoms with Gasteiger partial charge in [-0.25, -0.2) is 9.59 Å². The van der Waals surface area contributed by atoms with Crippen LogP contribution in [0.4, 0.5) is 23.7 Å². The predicted octanol–water partition coefficient (Wildman–Crippen LogP) is 4.15. The van der Waals surface area contributed by atoms with Gasteiger partial charge >= 0.3 is 18.2 Å². The maximum atomic E-state index is 12.7. The minimum atomic E-state index is -4.55. The molecule has 0 fully saturated rings. The molecular weight excluding hydrogens is 383 g/mol. The smallest absolute Gasteiger partial charge is 0.437 e. The third-order valence-corrected chi connectivity index (χ3v) is 3.37. The van der Waals surface area contributed by atoms with Crippen LogP contribution in [-0.2, 0) is 15.8 Å². The molecule has 11 heteroatoms. The zero-order chi connectivity index (χ0) is 20.9. The number of halogens is 3. The molecule has 0 bridgehead atoms. The van der Waals surface area contributed by atoms with Crippen LogP contribution in [0.1, 0.15) is 41.2 Å². The molecule has 0 spiro atoms. The van der Waals surface area contributed by atoms with Crippen LogP contribution in [0.2, 0.25) is 0 Å². The fraction of sp³-hybridized carbons (Fsp3) is 0.294. The number of rotatable bonds is 5. The van der Waals surface area contributed by atoms with Gasteiger partial charge in [-0.15, -0.1) is 0 Å². The molecule has 1 N–H and O–H groups in total. The van der Waals surface area contributed by atoms with Crippen molar-refractivity contribution in [1.82, 2.24) is 5.16 Å². The second-order valence-corrected chi connectivity index (χ2v) is 5.45. The summed E-state index contributed by atoms with van der Waals surface area (Å²) in [5.74, 6) is -0.734. The Morgan fingerprint density at radius 1 is 1.32 bits per heavy atom. The molecule has 1 heterocycles. The van der Waals surface area contributed by atoms with Gasteiger partial charge in [0.15, 0.2) is 5.76 Å². The van der Waals surface area contributed by atoms with Crippen LogP contribution in [0.3, 0.4) is 0 Å². The van der Waals surface area contributed by atoms with Crippen LogP contribution in [0, 0.1) is 6.92 Å². The fourth-order valence-electron chi connectivity index (χ4n) is 2.13. The maximum absolute atomic E-state index is 12.7. The molecule has 150 valence electrons. The van der Waals surface area contributed by atoms with Gasteiger partial charge in [-0.2, -0.15) is 13.2 Å². The number of anilines is 1. The highest BCUT2D eigenvalue weighted by Gasteiger charge is 2.30. The first kappa shape index (κ1) is 20.9. The maximum Gasteiger partial charge on any atom is 0.437 e. The number of hydrogen-bond acceptors (Lipinski definition) is 7. The number of aromatic nitrogens is 1. The number of nitrogens with zero attached hydrogens (tertiary/aromatic N) is 2. The number of carbonyl (C=O) groups is 2. The summed E-state index contributed by atoms with van der Waals surface area (Å²) in [6.45, 7) is 4.67. The van der Waals surface area contributed by atoms with Gasteiger partial charge in [0.05, 0.1) is 17.9 Å². The summed E-state index contributed by atoms with van der Waals surface area (Å²) >= 11 is 0. The van der Waals surface area contributed by atoms with E-state index in [0.717, 1.165) is 18.2 Å². The van der Waals surface area contributed by atoms with E-state index in [4.69, 9.17) is 9.26 Å². The number of ether oxygens (including phenoxy) is 1. The lowest BCUT2D eigenvalue weighted by atomic mass is 10.1. The molecule has 0 radical (unpaired) electrons. The predicted molar refractivity (Wildman–Crippen MR) is 91.0 cm³/mol. The summed E-state index contributed by atoms with van der Waals surface area (Å²) < 4.78 is 48.0. The molecular formula is C17H16F3N3O5. The Labute approximate surface area is 157 Å². The first-order chi connectivity index (χ1) is 13.1. The number of nitrogens with one attached hydrogen (secondary N) is 1. The van der Waals surface area contributed by atoms with Crippen molar-refractivity contribution in [2.45, 2.75) is 26.9 Å². The zero-order valence-corrected chi connectivity index (χ0v) is 15.1. The molecule has 8 nitrogen and oxygen atoms in total. The van der Waals surface area contributed by atoms with Crippen LogP contribution in [-0.4, -0.2) is 29.5 Å². The Kier molecular flexibility index (Phi) is 6.39. The number of benzene rings is 1. The Hall–Kier alpha value is -3.37. The lowest BCUT2D eigenvalue weighted by Crippen LogP contribution is -2.14. The molecule has 1 aromatic heterocycles. The van der Waals surface area contributed by atoms with Crippen molar-refractivity contribution in [2.24, 2.45) is 5.16 Å². The van der Waals surface area contributed by atoms with Crippen LogP contribution in [0.25, 0.3) is 0 Å². The highest BCUT2D eigenvalue weighted by molar-refractivity contribution is 6.06. The van der Waals surface area contributed by atoms with Crippen molar-refractivity contribution in [3.05, 3.63) is 46.8 Å². The largest absolute Gasteiger partial charge is 0.462 e. The van der Waals surface area contributed by atoms with Crippen LogP contribution >= 0.6 is 0 Å². The van der Waals surface area contributed by atoms with Crippen LogP contribution in [0.5, 0.6) is 0 Å². The molecule has 2 aromatic rings. The number of esters is 1. The summed E-state index contributed by atoms with van der Waals surface area (Å²) in [5.41, 5.74) is -0.763. The van der Waals surface area contributed by atoms with Gasteiger partial charge in [-0.05, 0) is 39.0 Å². The molecule has 0 unspecified atom stereocenters. The van der Waals surface area contributed by atoms with Crippen molar-refractivity contribution in [1.29, 1.82) is 0 Å². The summed E-state index contributed by atoms with van der Waals surface area (Å²) in [4.78, 5) is 28.3. The molecule has 1 amide bonds. The Balaban J connectivity index is 2.10. The van der Waals surface area contributed by atoms with Crippen molar-refractivity contribution in [3.8, 4) is 0 Å². The first-order valence-electron chi connectivity index (χ1n) is 7.97. The van der Waals surface area contributed by atoms with Crippen LogP contribution < -0.4 is 5.32 Å². The highest BCUT2D eigenvalue weighted by Crippen LogP contribution is 2.30. The molecule has 2 rings (SSSR count). The third kappa shape index (κ3) is 5.09. The SMILES string of the molecule is CCOC(=O)c1c(C)noc1/C(C)=N/OC(=O)Nc1cccc(C(F)(F)F)c1. The van der Waals surface area contributed by atoms with E-state index >= 15 is 0 Å². The van der Waals surface area contributed by atoms with E-state index in [0.29, 0.717) is 0 Å². The number of alkyl halides is 3. The molecule has 0 atom stereocenters. The van der Waals surface area contributed by atoms with E-state index in [9.17, 15) is 22.8 Å². The number of hydrogen-bond donors (Lipinski definition) is 1. The van der Waals surface area contributed by atoms with E-state index < -0.39 is 23.8 Å². The van der Waals surface area contributed by atoms with Gasteiger partial charge in [0.1, 0.15) is 11.3 Å². The first-order valence-corrected chi connectivity index (χ1v) is 7.97. The zero-order valence-electron chi connectivity index (χ0n) is 15.1.